The van der Waals surface area contributed by atoms with E-state index in [-0.39, 0.29) is 11.2 Å². The van der Waals surface area contributed by atoms with Gasteiger partial charge in [-0.2, -0.15) is 0 Å². The molecule has 0 bridgehead atoms. The maximum Gasteiger partial charge on any atom is 0.181 e. The summed E-state index contributed by atoms with van der Waals surface area (Å²) in [5.41, 5.74) is 2.09. The van der Waals surface area contributed by atoms with Crippen LogP contribution in [0.25, 0.3) is 0 Å². The number of hydrogen-bond donors (Lipinski definition) is 0. The van der Waals surface area contributed by atoms with Gasteiger partial charge < -0.3 is 0 Å². The van der Waals surface area contributed by atoms with E-state index in [2.05, 4.69) is 27.7 Å². The van der Waals surface area contributed by atoms with Gasteiger partial charge in [0, 0.05) is 5.57 Å². The molecule has 0 aromatic heterocycles. The molecule has 1 nitrogen and oxygen atoms in total. The molecule has 80 valence electrons. The molecule has 0 saturated carbocycles. The van der Waals surface area contributed by atoms with Crippen molar-refractivity contribution < 1.29 is 4.79 Å². The quantitative estimate of drug-likeness (QED) is 0.623. The third kappa shape index (κ3) is 3.49. The Labute approximate surface area is 87.9 Å². The highest BCUT2D eigenvalue weighted by molar-refractivity contribution is 6.05. The van der Waals surface area contributed by atoms with Crippen molar-refractivity contribution in [2.45, 2.75) is 48.0 Å². The van der Waals surface area contributed by atoms with Crippen molar-refractivity contribution in [2.24, 2.45) is 5.41 Å². The third-order valence-corrected chi connectivity index (χ3v) is 2.27. The Morgan fingerprint density at radius 1 is 1.29 bits per heavy atom. The monoisotopic (exact) mass is 194 g/mol. The summed E-state index contributed by atoms with van der Waals surface area (Å²) in [6.07, 6.45) is 4.40. The van der Waals surface area contributed by atoms with Crippen LogP contribution >= 0.6 is 0 Å². The van der Waals surface area contributed by atoms with E-state index in [1.807, 2.05) is 13.8 Å². The summed E-state index contributed by atoms with van der Waals surface area (Å²) in [5, 5.41) is 0. The van der Waals surface area contributed by atoms with Gasteiger partial charge in [0.25, 0.3) is 0 Å². The number of carbonyl (C=O) groups is 1. The summed E-state index contributed by atoms with van der Waals surface area (Å²) >= 11 is 0. The Morgan fingerprint density at radius 2 is 1.79 bits per heavy atom. The predicted molar refractivity (Wildman–Crippen MR) is 62.3 cm³/mol. The third-order valence-electron chi connectivity index (χ3n) is 2.27. The number of carbonyl (C=O) groups excluding carboxylic acids is 1. The van der Waals surface area contributed by atoms with Crippen LogP contribution in [0.3, 0.4) is 0 Å². The minimum absolute atomic E-state index is 0.0588. The van der Waals surface area contributed by atoms with Crippen LogP contribution in [-0.2, 0) is 4.79 Å². The molecular weight excluding hydrogens is 172 g/mol. The van der Waals surface area contributed by atoms with E-state index in [0.717, 1.165) is 12.0 Å². The second-order valence-corrected chi connectivity index (χ2v) is 4.62. The molecule has 0 atom stereocenters. The average molecular weight is 194 g/mol. The predicted octanol–water partition coefficient (Wildman–Crippen LogP) is 3.90. The lowest BCUT2D eigenvalue weighted by Gasteiger charge is -2.23. The molecule has 0 spiro atoms. The average Bonchev–Trinajstić information content (AvgIpc) is 2.02. The Morgan fingerprint density at radius 3 is 2.07 bits per heavy atom. The van der Waals surface area contributed by atoms with Gasteiger partial charge in [-0.1, -0.05) is 39.3 Å². The van der Waals surface area contributed by atoms with E-state index in [0.29, 0.717) is 0 Å². The van der Waals surface area contributed by atoms with Crippen LogP contribution in [0.1, 0.15) is 48.0 Å². The highest BCUT2D eigenvalue weighted by atomic mass is 16.1. The Balaban J connectivity index is 5.24. The maximum atomic E-state index is 11.8. The van der Waals surface area contributed by atoms with Gasteiger partial charge in [0.05, 0.1) is 0 Å². The molecule has 0 amide bonds. The van der Waals surface area contributed by atoms with Gasteiger partial charge in [0.1, 0.15) is 0 Å². The minimum Gasteiger partial charge on any atom is -0.290 e. The number of rotatable bonds is 3. The van der Waals surface area contributed by atoms with E-state index in [9.17, 15) is 4.79 Å². The van der Waals surface area contributed by atoms with Crippen LogP contribution in [0.2, 0.25) is 0 Å². The molecule has 14 heavy (non-hydrogen) atoms. The van der Waals surface area contributed by atoms with Gasteiger partial charge in [-0.25, -0.2) is 0 Å². The topological polar surface area (TPSA) is 17.1 Å². The lowest BCUT2D eigenvalue weighted by molar-refractivity contribution is -0.112. The molecule has 1 heteroatoms. The molecule has 0 aliphatic rings. The Bertz CT molecular complexity index is 261. The fourth-order valence-corrected chi connectivity index (χ4v) is 1.63. The number of allylic oxidation sites excluding steroid dienone is 4. The van der Waals surface area contributed by atoms with Gasteiger partial charge in [-0.15, -0.1) is 0 Å². The first kappa shape index (κ1) is 13.2. The van der Waals surface area contributed by atoms with Crippen LogP contribution in [0.5, 0.6) is 0 Å². The van der Waals surface area contributed by atoms with Crippen LogP contribution < -0.4 is 0 Å². The van der Waals surface area contributed by atoms with Crippen LogP contribution in [0.15, 0.2) is 23.3 Å². The van der Waals surface area contributed by atoms with E-state index >= 15 is 0 Å². The maximum absolute atomic E-state index is 11.8. The molecule has 0 N–H and O–H groups in total. The summed E-state index contributed by atoms with van der Waals surface area (Å²) in [6.45, 7) is 12.3. The second kappa shape index (κ2) is 5.14. The molecule has 0 unspecified atom stereocenters. The molecule has 0 radical (unpaired) electrons. The summed E-state index contributed by atoms with van der Waals surface area (Å²) in [5.74, 6) is 0.152. The molecule has 0 rings (SSSR count). The van der Waals surface area contributed by atoms with Crippen molar-refractivity contribution >= 4 is 5.78 Å². The highest BCUT2D eigenvalue weighted by Crippen LogP contribution is 2.30. The van der Waals surface area contributed by atoms with Gasteiger partial charge in [0.15, 0.2) is 5.78 Å². The van der Waals surface area contributed by atoms with Crippen molar-refractivity contribution in [1.82, 2.24) is 0 Å². The smallest absolute Gasteiger partial charge is 0.181 e. The van der Waals surface area contributed by atoms with Crippen LogP contribution in [0.4, 0.5) is 0 Å². The van der Waals surface area contributed by atoms with Gasteiger partial charge in [0.2, 0.25) is 0 Å². The zero-order valence-corrected chi connectivity index (χ0v) is 10.3. The van der Waals surface area contributed by atoms with Crippen molar-refractivity contribution in [3.8, 4) is 0 Å². The fourth-order valence-electron chi connectivity index (χ4n) is 1.63. The molecule has 0 aromatic carbocycles. The van der Waals surface area contributed by atoms with Crippen molar-refractivity contribution in [3.63, 3.8) is 0 Å². The number of hydrogen-bond acceptors (Lipinski definition) is 1. The first-order chi connectivity index (χ1) is 6.34. The summed E-state index contributed by atoms with van der Waals surface area (Å²) in [4.78, 5) is 11.8. The van der Waals surface area contributed by atoms with E-state index in [4.69, 9.17) is 0 Å². The van der Waals surface area contributed by atoms with E-state index in [1.54, 1.807) is 12.2 Å². The fraction of sp³-hybridized carbons (Fsp3) is 0.615. The summed E-state index contributed by atoms with van der Waals surface area (Å²) in [7, 11) is 0. The van der Waals surface area contributed by atoms with E-state index < -0.39 is 0 Å². The molecule has 0 heterocycles. The molecule has 0 aromatic rings. The minimum atomic E-state index is -0.0588. The standard InChI is InChI=1S/C13H22O/c1-7-9-11(14)12(10(3)8-2)13(4,5)6/h7,9H,8H2,1-6H3. The van der Waals surface area contributed by atoms with Crippen LogP contribution in [0, 0.1) is 5.41 Å². The zero-order chi connectivity index (χ0) is 11.4. The zero-order valence-electron chi connectivity index (χ0n) is 10.3. The van der Waals surface area contributed by atoms with Crippen molar-refractivity contribution in [3.05, 3.63) is 23.3 Å². The molecular formula is C13H22O. The lowest BCUT2D eigenvalue weighted by Crippen LogP contribution is -2.18. The Kier molecular flexibility index (Phi) is 4.82. The Hall–Kier alpha value is -0.850. The van der Waals surface area contributed by atoms with Crippen LogP contribution in [-0.4, -0.2) is 5.78 Å². The summed E-state index contributed by atoms with van der Waals surface area (Å²) < 4.78 is 0. The largest absolute Gasteiger partial charge is 0.290 e. The molecule has 0 aliphatic heterocycles. The lowest BCUT2D eigenvalue weighted by atomic mass is 9.80. The SMILES string of the molecule is CC=CC(=O)C(=C(C)CC)C(C)(C)C. The second-order valence-electron chi connectivity index (χ2n) is 4.62. The normalized spacial score (nSPS) is 14.4. The molecule has 0 aliphatic carbocycles. The van der Waals surface area contributed by atoms with Gasteiger partial charge in [-0.05, 0) is 31.8 Å². The molecule has 0 fully saturated rings. The molecule has 0 saturated heterocycles. The summed E-state index contributed by atoms with van der Waals surface area (Å²) in [6, 6.07) is 0. The van der Waals surface area contributed by atoms with Gasteiger partial charge >= 0.3 is 0 Å². The first-order valence-electron chi connectivity index (χ1n) is 5.21. The number of ketones is 1. The van der Waals surface area contributed by atoms with Crippen molar-refractivity contribution in [1.29, 1.82) is 0 Å². The van der Waals surface area contributed by atoms with E-state index in [1.165, 1.54) is 5.57 Å². The highest BCUT2D eigenvalue weighted by Gasteiger charge is 2.23. The first-order valence-corrected chi connectivity index (χ1v) is 5.21. The van der Waals surface area contributed by atoms with Crippen molar-refractivity contribution in [2.75, 3.05) is 0 Å². The van der Waals surface area contributed by atoms with Gasteiger partial charge in [-0.3, -0.25) is 4.79 Å².